The maximum absolute atomic E-state index is 13.1. The number of carbonyl (C=O) groups excluding carboxylic acids is 3. The van der Waals surface area contributed by atoms with E-state index in [-0.39, 0.29) is 31.1 Å². The molecule has 0 heterocycles. The van der Waals surface area contributed by atoms with E-state index in [4.69, 9.17) is 17.2 Å². The second-order valence-corrected chi connectivity index (χ2v) is 9.58. The Hall–Kier alpha value is -2.97. The third-order valence-corrected chi connectivity index (χ3v) is 6.27. The number of nitrogens with two attached hydrogens (primary N) is 3. The van der Waals surface area contributed by atoms with Gasteiger partial charge in [0, 0.05) is 18.7 Å². The van der Waals surface area contributed by atoms with E-state index < -0.39 is 47.9 Å². The van der Waals surface area contributed by atoms with Crippen molar-refractivity contribution in [1.29, 1.82) is 0 Å². The number of hydrogen-bond acceptors (Lipinski definition) is 8. The van der Waals surface area contributed by atoms with E-state index in [1.807, 2.05) is 24.5 Å². The van der Waals surface area contributed by atoms with Gasteiger partial charge >= 0.3 is 5.97 Å². The molecule has 10 N–H and O–H groups in total. The fourth-order valence-electron chi connectivity index (χ4n) is 3.21. The highest BCUT2D eigenvalue weighted by molar-refractivity contribution is 7.98. The van der Waals surface area contributed by atoms with E-state index in [9.17, 15) is 24.3 Å². The smallest absolute Gasteiger partial charge is 0.326 e. The van der Waals surface area contributed by atoms with E-state index in [0.717, 1.165) is 5.56 Å². The molecule has 14 heteroatoms. The molecule has 206 valence electrons. The van der Waals surface area contributed by atoms with Gasteiger partial charge in [-0.25, -0.2) is 4.79 Å². The normalized spacial score (nSPS) is 13.9. The summed E-state index contributed by atoms with van der Waals surface area (Å²) >= 11 is 5.69. The van der Waals surface area contributed by atoms with E-state index in [0.29, 0.717) is 18.6 Å². The average Bonchev–Trinajstić information content (AvgIpc) is 2.86. The van der Waals surface area contributed by atoms with Crippen LogP contribution in [0.5, 0.6) is 0 Å². The second-order valence-electron chi connectivity index (χ2n) is 8.23. The van der Waals surface area contributed by atoms with Crippen molar-refractivity contribution in [3.63, 3.8) is 0 Å². The van der Waals surface area contributed by atoms with E-state index >= 15 is 0 Å². The summed E-state index contributed by atoms with van der Waals surface area (Å²) in [5.41, 5.74) is 17.3. The minimum absolute atomic E-state index is 0.0751. The van der Waals surface area contributed by atoms with Crippen molar-refractivity contribution in [3.05, 3.63) is 35.9 Å². The van der Waals surface area contributed by atoms with Gasteiger partial charge in [0.05, 0.1) is 6.04 Å². The average molecular weight is 556 g/mol. The Morgan fingerprint density at radius 3 is 2.14 bits per heavy atom. The SMILES string of the molecule is CSCCC(N)C(=O)NC(Cc1ccccc1)C(=O)NC(CS)C(=O)NC(CCCN=C(N)N)C(=O)O. The Morgan fingerprint density at radius 1 is 0.973 bits per heavy atom. The number of nitrogens with one attached hydrogen (secondary N) is 3. The van der Waals surface area contributed by atoms with Gasteiger partial charge in [0.25, 0.3) is 0 Å². The third kappa shape index (κ3) is 12.7. The van der Waals surface area contributed by atoms with Gasteiger partial charge in [0.15, 0.2) is 5.96 Å². The van der Waals surface area contributed by atoms with E-state index in [2.05, 4.69) is 33.6 Å². The first-order valence-corrected chi connectivity index (χ1v) is 13.7. The van der Waals surface area contributed by atoms with Crippen molar-refractivity contribution in [2.45, 2.75) is 49.9 Å². The zero-order valence-corrected chi connectivity index (χ0v) is 22.5. The summed E-state index contributed by atoms with van der Waals surface area (Å²) in [5, 5.41) is 17.1. The van der Waals surface area contributed by atoms with Gasteiger partial charge in [-0.1, -0.05) is 30.3 Å². The molecule has 0 radical (unpaired) electrons. The largest absolute Gasteiger partial charge is 0.480 e. The Morgan fingerprint density at radius 2 is 1.57 bits per heavy atom. The van der Waals surface area contributed by atoms with Gasteiger partial charge in [-0.05, 0) is 36.8 Å². The quantitative estimate of drug-likeness (QED) is 0.0502. The van der Waals surface area contributed by atoms with Gasteiger partial charge in [-0.15, -0.1) is 0 Å². The summed E-state index contributed by atoms with van der Waals surface area (Å²) in [7, 11) is 0. The van der Waals surface area contributed by atoms with Crippen LogP contribution in [0.1, 0.15) is 24.8 Å². The molecule has 0 saturated carbocycles. The molecule has 3 amide bonds. The number of aliphatic imine (C=N–C) groups is 1. The third-order valence-electron chi connectivity index (χ3n) is 5.26. The molecule has 1 aromatic rings. The predicted molar refractivity (Wildman–Crippen MR) is 148 cm³/mol. The molecule has 0 fully saturated rings. The van der Waals surface area contributed by atoms with Crippen LogP contribution in [0.4, 0.5) is 0 Å². The van der Waals surface area contributed by atoms with Crippen molar-refractivity contribution in [1.82, 2.24) is 16.0 Å². The topological polar surface area (TPSA) is 215 Å². The lowest BCUT2D eigenvalue weighted by Gasteiger charge is -2.24. The minimum Gasteiger partial charge on any atom is -0.480 e. The zero-order chi connectivity index (χ0) is 27.8. The highest BCUT2D eigenvalue weighted by atomic mass is 32.2. The van der Waals surface area contributed by atoms with Gasteiger partial charge in [-0.2, -0.15) is 24.4 Å². The Balaban J connectivity index is 2.90. The number of carboxylic acid groups (broad SMARTS) is 1. The van der Waals surface area contributed by atoms with Gasteiger partial charge in [-0.3, -0.25) is 19.4 Å². The first-order chi connectivity index (χ1) is 17.6. The number of hydrogen-bond donors (Lipinski definition) is 8. The Bertz CT molecular complexity index is 916. The summed E-state index contributed by atoms with van der Waals surface area (Å²) in [5.74, 6) is -2.60. The fourth-order valence-corrected chi connectivity index (χ4v) is 3.96. The highest BCUT2D eigenvalue weighted by Gasteiger charge is 2.29. The van der Waals surface area contributed by atoms with Crippen LogP contribution in [0.2, 0.25) is 0 Å². The minimum atomic E-state index is -1.24. The van der Waals surface area contributed by atoms with Crippen LogP contribution in [0.15, 0.2) is 35.3 Å². The number of carboxylic acids is 1. The van der Waals surface area contributed by atoms with Crippen LogP contribution in [0.25, 0.3) is 0 Å². The summed E-state index contributed by atoms with van der Waals surface area (Å²) in [6.45, 7) is 0.203. The number of aliphatic carboxylic acids is 1. The molecule has 0 spiro atoms. The molecule has 0 aliphatic heterocycles. The number of guanidine groups is 1. The molecule has 12 nitrogen and oxygen atoms in total. The summed E-state index contributed by atoms with van der Waals surface area (Å²) < 4.78 is 0. The van der Waals surface area contributed by atoms with Crippen molar-refractivity contribution >= 4 is 54.0 Å². The molecule has 0 aromatic heterocycles. The van der Waals surface area contributed by atoms with Gasteiger partial charge < -0.3 is 38.3 Å². The number of carbonyl (C=O) groups is 4. The molecule has 4 unspecified atom stereocenters. The van der Waals surface area contributed by atoms with Gasteiger partial charge in [0.2, 0.25) is 17.7 Å². The van der Waals surface area contributed by atoms with Crippen molar-refractivity contribution in [3.8, 4) is 0 Å². The second kappa shape index (κ2) is 17.5. The lowest BCUT2D eigenvalue weighted by Crippen LogP contribution is -2.58. The molecule has 1 aromatic carbocycles. The van der Waals surface area contributed by atoms with Crippen LogP contribution < -0.4 is 33.2 Å². The maximum Gasteiger partial charge on any atom is 0.326 e. The van der Waals surface area contributed by atoms with Crippen LogP contribution in [0.3, 0.4) is 0 Å². The summed E-state index contributed by atoms with van der Waals surface area (Å²) in [4.78, 5) is 53.9. The molecule has 37 heavy (non-hydrogen) atoms. The number of nitrogens with zero attached hydrogens (tertiary/aromatic N) is 1. The van der Waals surface area contributed by atoms with Crippen molar-refractivity contribution in [2.75, 3.05) is 24.3 Å². The van der Waals surface area contributed by atoms with Crippen LogP contribution in [-0.2, 0) is 25.6 Å². The number of thiol groups is 1. The van der Waals surface area contributed by atoms with Crippen LogP contribution in [0, 0.1) is 0 Å². The monoisotopic (exact) mass is 555 g/mol. The zero-order valence-electron chi connectivity index (χ0n) is 20.8. The highest BCUT2D eigenvalue weighted by Crippen LogP contribution is 2.07. The van der Waals surface area contributed by atoms with E-state index in [1.54, 1.807) is 23.9 Å². The first-order valence-electron chi connectivity index (χ1n) is 11.7. The van der Waals surface area contributed by atoms with E-state index in [1.165, 1.54) is 0 Å². The molecule has 0 aliphatic carbocycles. The lowest BCUT2D eigenvalue weighted by molar-refractivity contribution is -0.142. The first kappa shape index (κ1) is 32.1. The Kier molecular flexibility index (Phi) is 15.1. The molecule has 4 atom stereocenters. The molecule has 0 bridgehead atoms. The number of amides is 3. The molecular formula is C23H37N7O5S2. The number of benzene rings is 1. The number of thioether (sulfide) groups is 1. The molecule has 1 rings (SSSR count). The van der Waals surface area contributed by atoms with Crippen molar-refractivity contribution < 1.29 is 24.3 Å². The van der Waals surface area contributed by atoms with Crippen LogP contribution >= 0.6 is 24.4 Å². The van der Waals surface area contributed by atoms with Crippen LogP contribution in [-0.4, -0.2) is 83.2 Å². The summed E-state index contributed by atoms with van der Waals surface area (Å²) in [6.07, 6.45) is 2.89. The predicted octanol–water partition coefficient (Wildman–Crippen LogP) is -1.17. The van der Waals surface area contributed by atoms with Crippen molar-refractivity contribution in [2.24, 2.45) is 22.2 Å². The molecule has 0 aliphatic rings. The fraction of sp³-hybridized carbons (Fsp3) is 0.522. The summed E-state index contributed by atoms with van der Waals surface area (Å²) in [6, 6.07) is 4.89. The molecular weight excluding hydrogens is 518 g/mol. The Labute approximate surface area is 226 Å². The molecule has 0 saturated heterocycles. The lowest BCUT2D eigenvalue weighted by atomic mass is 10.0. The number of rotatable bonds is 17. The maximum atomic E-state index is 13.1. The van der Waals surface area contributed by atoms with Gasteiger partial charge in [0.1, 0.15) is 18.1 Å². The standard InChI is InChI=1S/C23H37N7O5S2/c1-37-11-9-15(24)19(31)29-17(12-14-6-3-2-4-7-14)20(32)30-18(13-36)21(33)28-16(22(34)35)8-5-10-27-23(25)26/h2-4,6-7,15-18,36H,5,8-13,24H2,1H3,(H,28,33)(H,29,31)(H,30,32)(H,34,35)(H4,25,26,27).